The molecule has 2 aliphatic carbocycles. The molecule has 0 bridgehead atoms. The van der Waals surface area contributed by atoms with E-state index in [1.807, 2.05) is 43.4 Å². The molecule has 0 radical (unpaired) electrons. The molecule has 0 spiro atoms. The Bertz CT molecular complexity index is 915. The summed E-state index contributed by atoms with van der Waals surface area (Å²) < 4.78 is 33.6. The van der Waals surface area contributed by atoms with E-state index in [-0.39, 0.29) is 12.0 Å². The fraction of sp³-hybridized carbons (Fsp3) is 0.455. The van der Waals surface area contributed by atoms with Crippen molar-refractivity contribution in [1.82, 2.24) is 4.31 Å². The van der Waals surface area contributed by atoms with Gasteiger partial charge in [0.05, 0.1) is 13.2 Å². The molecule has 0 aromatic heterocycles. The van der Waals surface area contributed by atoms with Crippen molar-refractivity contribution in [2.45, 2.75) is 49.3 Å². The first-order valence-electron chi connectivity index (χ1n) is 9.65. The molecule has 1 aromatic carbocycles. The quantitative estimate of drug-likeness (QED) is 0.731. The molecule has 0 saturated carbocycles. The fourth-order valence-electron chi connectivity index (χ4n) is 4.66. The zero-order valence-electron chi connectivity index (χ0n) is 16.0. The summed E-state index contributed by atoms with van der Waals surface area (Å²) in [5, 5.41) is 0. The highest BCUT2D eigenvalue weighted by atomic mass is 32.2. The molecule has 144 valence electrons. The fourth-order valence-corrected chi connectivity index (χ4v) is 6.66. The lowest BCUT2D eigenvalue weighted by atomic mass is 9.80. The summed E-state index contributed by atoms with van der Waals surface area (Å²) in [5.41, 5.74) is 2.44. The zero-order valence-corrected chi connectivity index (χ0v) is 16.8. The Labute approximate surface area is 162 Å². The molecule has 1 fully saturated rings. The van der Waals surface area contributed by atoms with Crippen LogP contribution in [-0.4, -0.2) is 37.2 Å². The number of hydrogen-bond donors (Lipinski definition) is 0. The smallest absolute Gasteiger partial charge is 0.224 e. The van der Waals surface area contributed by atoms with Crippen molar-refractivity contribution >= 4 is 10.0 Å². The molecule has 27 heavy (non-hydrogen) atoms. The molecule has 3 atom stereocenters. The Morgan fingerprint density at radius 2 is 2.11 bits per heavy atom. The van der Waals surface area contributed by atoms with Gasteiger partial charge in [0.1, 0.15) is 10.5 Å². The Morgan fingerprint density at radius 1 is 1.26 bits per heavy atom. The maximum Gasteiger partial charge on any atom is 0.224 e. The summed E-state index contributed by atoms with van der Waals surface area (Å²) in [5.74, 6) is 0.993. The molecule has 1 aliphatic heterocycles. The lowest BCUT2D eigenvalue weighted by molar-refractivity contribution is 0.336. The van der Waals surface area contributed by atoms with Gasteiger partial charge in [-0.1, -0.05) is 48.1 Å². The van der Waals surface area contributed by atoms with E-state index in [1.54, 1.807) is 11.4 Å². The number of fused-ring (bicyclic) bond motifs is 1. The first-order chi connectivity index (χ1) is 13.0. The van der Waals surface area contributed by atoms with Gasteiger partial charge in [-0.3, -0.25) is 0 Å². The van der Waals surface area contributed by atoms with Crippen LogP contribution in [0.1, 0.15) is 44.1 Å². The Hall–Kier alpha value is -1.85. The van der Waals surface area contributed by atoms with Gasteiger partial charge < -0.3 is 4.74 Å². The molecule has 0 N–H and O–H groups in total. The third-order valence-corrected chi connectivity index (χ3v) is 8.72. The summed E-state index contributed by atoms with van der Waals surface area (Å²) in [6, 6.07) is 8.01. The first kappa shape index (κ1) is 18.5. The van der Waals surface area contributed by atoms with Gasteiger partial charge in [-0.15, -0.1) is 0 Å². The molecule has 1 heterocycles. The van der Waals surface area contributed by atoms with Gasteiger partial charge in [0.15, 0.2) is 0 Å². The van der Waals surface area contributed by atoms with Crippen LogP contribution in [0.2, 0.25) is 0 Å². The number of allylic oxidation sites excluding steroid dienone is 4. The number of rotatable bonds is 4. The molecule has 4 rings (SSSR count). The summed E-state index contributed by atoms with van der Waals surface area (Å²) in [6.07, 6.45) is 13.1. The Kier molecular flexibility index (Phi) is 4.77. The molecule has 0 amide bonds. The van der Waals surface area contributed by atoms with Crippen molar-refractivity contribution in [2.24, 2.45) is 0 Å². The van der Waals surface area contributed by atoms with Crippen molar-refractivity contribution in [3.8, 4) is 5.75 Å². The number of ether oxygens (including phenoxy) is 1. The van der Waals surface area contributed by atoms with E-state index in [4.69, 9.17) is 4.74 Å². The minimum atomic E-state index is -3.47. The number of methoxy groups -OCH3 is 1. The third-order valence-electron chi connectivity index (χ3n) is 6.22. The highest BCUT2D eigenvalue weighted by molar-refractivity contribution is 7.90. The van der Waals surface area contributed by atoms with Crippen molar-refractivity contribution in [3.63, 3.8) is 0 Å². The molecule has 1 aromatic rings. The minimum Gasteiger partial charge on any atom is -0.497 e. The summed E-state index contributed by atoms with van der Waals surface area (Å²) in [4.78, 5) is 0. The second-order valence-corrected chi connectivity index (χ2v) is 10.2. The van der Waals surface area contributed by atoms with Gasteiger partial charge in [0.25, 0.3) is 0 Å². The lowest BCUT2D eigenvalue weighted by Gasteiger charge is -2.39. The SMILES string of the molecule is COc1cccc([C@@H]2CCC=C3CCN(S(=O)(=O)C4(C)C=CC=CC4)[C@H]32)c1. The highest BCUT2D eigenvalue weighted by Crippen LogP contribution is 2.45. The molecule has 3 aliphatic rings. The standard InChI is InChI=1S/C22H27NO3S/c1-22(13-4-3-5-14-22)27(24,25)23-15-12-17-8-7-11-20(21(17)23)18-9-6-10-19(16-18)26-2/h3-6,8-10,13,16,20-21H,7,11-12,14-15H2,1-2H3/t20-,21+,22?/m0/s1. The van der Waals surface area contributed by atoms with Crippen molar-refractivity contribution in [3.05, 3.63) is 65.8 Å². The van der Waals surface area contributed by atoms with Crippen LogP contribution in [0.3, 0.4) is 0 Å². The molecule has 1 saturated heterocycles. The van der Waals surface area contributed by atoms with Gasteiger partial charge in [-0.05, 0) is 50.3 Å². The maximum atomic E-state index is 13.7. The van der Waals surface area contributed by atoms with Crippen molar-refractivity contribution < 1.29 is 13.2 Å². The number of hydrogen-bond acceptors (Lipinski definition) is 3. The lowest BCUT2D eigenvalue weighted by Crippen LogP contribution is -2.49. The van der Waals surface area contributed by atoms with Gasteiger partial charge in [-0.2, -0.15) is 4.31 Å². The van der Waals surface area contributed by atoms with E-state index in [0.717, 1.165) is 30.6 Å². The third kappa shape index (κ3) is 3.07. The van der Waals surface area contributed by atoms with E-state index in [0.29, 0.717) is 13.0 Å². The van der Waals surface area contributed by atoms with Gasteiger partial charge in [0.2, 0.25) is 10.0 Å². The van der Waals surface area contributed by atoms with Crippen LogP contribution in [0.25, 0.3) is 0 Å². The number of nitrogens with zero attached hydrogens (tertiary/aromatic N) is 1. The molecular formula is C22H27NO3S. The second-order valence-electron chi connectivity index (χ2n) is 7.85. The molecule has 4 nitrogen and oxygen atoms in total. The average Bonchev–Trinajstić information content (AvgIpc) is 3.13. The summed E-state index contributed by atoms with van der Waals surface area (Å²) >= 11 is 0. The normalized spacial score (nSPS) is 30.8. The van der Waals surface area contributed by atoms with Crippen molar-refractivity contribution in [2.75, 3.05) is 13.7 Å². The van der Waals surface area contributed by atoms with E-state index in [1.165, 1.54) is 5.57 Å². The summed E-state index contributed by atoms with van der Waals surface area (Å²) in [6.45, 7) is 2.42. The predicted molar refractivity (Wildman–Crippen MR) is 108 cm³/mol. The highest BCUT2D eigenvalue weighted by Gasteiger charge is 2.49. The van der Waals surface area contributed by atoms with Crippen LogP contribution in [0, 0.1) is 0 Å². The van der Waals surface area contributed by atoms with E-state index in [2.05, 4.69) is 18.2 Å². The second kappa shape index (κ2) is 6.95. The number of benzene rings is 1. The summed E-state index contributed by atoms with van der Waals surface area (Å²) in [7, 11) is -1.80. The maximum absolute atomic E-state index is 13.7. The van der Waals surface area contributed by atoms with E-state index in [9.17, 15) is 8.42 Å². The molecule has 1 unspecified atom stereocenters. The van der Waals surface area contributed by atoms with Crippen LogP contribution >= 0.6 is 0 Å². The minimum absolute atomic E-state index is 0.0769. The van der Waals surface area contributed by atoms with Crippen LogP contribution < -0.4 is 4.74 Å². The predicted octanol–water partition coefficient (Wildman–Crippen LogP) is 4.18. The zero-order chi connectivity index (χ0) is 19.1. The van der Waals surface area contributed by atoms with Crippen molar-refractivity contribution in [1.29, 1.82) is 0 Å². The van der Waals surface area contributed by atoms with Crippen LogP contribution in [0.15, 0.2) is 60.2 Å². The van der Waals surface area contributed by atoms with E-state index < -0.39 is 14.8 Å². The first-order valence-corrected chi connectivity index (χ1v) is 11.1. The van der Waals surface area contributed by atoms with Crippen LogP contribution in [0.4, 0.5) is 0 Å². The Morgan fingerprint density at radius 3 is 2.85 bits per heavy atom. The number of sulfonamides is 1. The monoisotopic (exact) mass is 385 g/mol. The molecule has 5 heteroatoms. The van der Waals surface area contributed by atoms with Gasteiger partial charge in [0, 0.05) is 12.5 Å². The topological polar surface area (TPSA) is 46.6 Å². The largest absolute Gasteiger partial charge is 0.497 e. The average molecular weight is 386 g/mol. The van der Waals surface area contributed by atoms with Crippen LogP contribution in [0.5, 0.6) is 5.75 Å². The van der Waals surface area contributed by atoms with Gasteiger partial charge in [-0.25, -0.2) is 8.42 Å². The van der Waals surface area contributed by atoms with Gasteiger partial charge >= 0.3 is 0 Å². The van der Waals surface area contributed by atoms with Crippen LogP contribution in [-0.2, 0) is 10.0 Å². The molecular weight excluding hydrogens is 358 g/mol. The van der Waals surface area contributed by atoms with E-state index >= 15 is 0 Å². The Balaban J connectivity index is 1.72.